The first-order chi connectivity index (χ1) is 4.43. The lowest BCUT2D eigenvalue weighted by molar-refractivity contribution is 0.322. The molecule has 4 nitrogen and oxygen atoms in total. The summed E-state index contributed by atoms with van der Waals surface area (Å²) < 4.78 is 0. The zero-order valence-electron chi connectivity index (χ0n) is 4.60. The van der Waals surface area contributed by atoms with Crippen LogP contribution < -0.4 is 0 Å². The molecule has 0 saturated carbocycles. The molecular weight excluding hydrogens is 118 g/mol. The smallest absolute Gasteiger partial charge is 0.0750 e. The van der Waals surface area contributed by atoms with Crippen LogP contribution in [-0.2, 0) is 0 Å². The van der Waals surface area contributed by atoms with E-state index < -0.39 is 0 Å². The molecule has 0 spiro atoms. The fourth-order valence-electron chi connectivity index (χ4n) is 0.444. The highest BCUT2D eigenvalue weighted by atomic mass is 16.4. The van der Waals surface area contributed by atoms with Crippen LogP contribution in [0.5, 0.6) is 0 Å². The quantitative estimate of drug-likeness (QED) is 0.331. The van der Waals surface area contributed by atoms with Crippen LogP contribution in [0.4, 0.5) is 0 Å². The van der Waals surface area contributed by atoms with Gasteiger partial charge in [0.15, 0.2) is 0 Å². The minimum Gasteiger partial charge on any atom is -0.411 e. The van der Waals surface area contributed by atoms with Crippen LogP contribution in [0, 0.1) is 0 Å². The molecule has 0 amide bonds. The number of hydrogen-bond acceptors (Lipinski definition) is 4. The number of rotatable bonds is 1. The van der Waals surface area contributed by atoms with Gasteiger partial charge in [-0.15, -0.1) is 0 Å². The van der Waals surface area contributed by atoms with Gasteiger partial charge in [-0.3, -0.25) is 0 Å². The van der Waals surface area contributed by atoms with Crippen molar-refractivity contribution >= 4 is 6.21 Å². The fourth-order valence-corrected chi connectivity index (χ4v) is 0.444. The molecule has 0 aromatic carbocycles. The molecule has 0 aliphatic heterocycles. The predicted molar refractivity (Wildman–Crippen MR) is 31.4 cm³/mol. The van der Waals surface area contributed by atoms with E-state index in [1.807, 2.05) is 0 Å². The van der Waals surface area contributed by atoms with Crippen LogP contribution in [0.15, 0.2) is 23.6 Å². The van der Waals surface area contributed by atoms with Crippen LogP contribution in [-0.4, -0.2) is 21.6 Å². The van der Waals surface area contributed by atoms with Gasteiger partial charge in [0, 0.05) is 5.56 Å². The lowest BCUT2D eigenvalue weighted by atomic mass is 10.3. The Morgan fingerprint density at radius 3 is 3.00 bits per heavy atom. The molecular formula is C5H5N3O. The van der Waals surface area contributed by atoms with Crippen LogP contribution in [0.2, 0.25) is 0 Å². The van der Waals surface area contributed by atoms with Gasteiger partial charge in [-0.2, -0.15) is 10.2 Å². The van der Waals surface area contributed by atoms with Crippen molar-refractivity contribution in [2.24, 2.45) is 5.16 Å². The van der Waals surface area contributed by atoms with Gasteiger partial charge in [-0.1, -0.05) is 5.16 Å². The fraction of sp³-hybridized carbons (Fsp3) is 0. The van der Waals surface area contributed by atoms with Gasteiger partial charge >= 0.3 is 0 Å². The molecule has 0 aliphatic rings. The van der Waals surface area contributed by atoms with E-state index in [0.29, 0.717) is 0 Å². The Kier molecular flexibility index (Phi) is 1.74. The summed E-state index contributed by atoms with van der Waals surface area (Å²) in [5, 5.41) is 17.9. The highest BCUT2D eigenvalue weighted by Gasteiger charge is 1.82. The van der Waals surface area contributed by atoms with Crippen molar-refractivity contribution in [3.05, 3.63) is 24.0 Å². The lowest BCUT2D eigenvalue weighted by Gasteiger charge is -1.83. The molecule has 1 N–H and O–H groups in total. The maximum atomic E-state index is 8.04. The molecule has 1 aromatic rings. The number of nitrogens with zero attached hydrogens (tertiary/aromatic N) is 3. The van der Waals surface area contributed by atoms with Crippen molar-refractivity contribution in [3.63, 3.8) is 0 Å². The van der Waals surface area contributed by atoms with E-state index in [-0.39, 0.29) is 0 Å². The summed E-state index contributed by atoms with van der Waals surface area (Å²) in [5.41, 5.74) is 0.729. The second kappa shape index (κ2) is 2.76. The molecule has 0 aliphatic carbocycles. The van der Waals surface area contributed by atoms with Gasteiger partial charge < -0.3 is 5.21 Å². The van der Waals surface area contributed by atoms with Gasteiger partial charge in [0.25, 0.3) is 0 Å². The van der Waals surface area contributed by atoms with E-state index in [4.69, 9.17) is 5.21 Å². The van der Waals surface area contributed by atoms with Crippen molar-refractivity contribution in [2.75, 3.05) is 0 Å². The van der Waals surface area contributed by atoms with Gasteiger partial charge in [-0.05, 0) is 6.07 Å². The summed E-state index contributed by atoms with van der Waals surface area (Å²) in [5.74, 6) is 0. The molecule has 0 atom stereocenters. The van der Waals surface area contributed by atoms with E-state index in [9.17, 15) is 0 Å². The zero-order valence-corrected chi connectivity index (χ0v) is 4.60. The lowest BCUT2D eigenvalue weighted by Crippen LogP contribution is -1.83. The van der Waals surface area contributed by atoms with Gasteiger partial charge in [0.05, 0.1) is 18.6 Å². The standard InChI is InChI=1S/C5H5N3O/c9-8-4-5-1-2-6-7-3-5/h1-4,9H. The maximum absolute atomic E-state index is 8.04. The molecule has 9 heavy (non-hydrogen) atoms. The molecule has 0 radical (unpaired) electrons. The average molecular weight is 123 g/mol. The first kappa shape index (κ1) is 5.68. The molecule has 46 valence electrons. The van der Waals surface area contributed by atoms with Crippen molar-refractivity contribution in [1.29, 1.82) is 0 Å². The normalized spacial score (nSPS) is 10.2. The number of aromatic nitrogens is 2. The van der Waals surface area contributed by atoms with Crippen molar-refractivity contribution < 1.29 is 5.21 Å². The number of hydrogen-bond donors (Lipinski definition) is 1. The predicted octanol–water partition coefficient (Wildman–Crippen LogP) is 0.285. The third kappa shape index (κ3) is 1.49. The van der Waals surface area contributed by atoms with Crippen molar-refractivity contribution in [3.8, 4) is 0 Å². The highest BCUT2D eigenvalue weighted by molar-refractivity contribution is 5.78. The Bertz CT molecular complexity index is 197. The Hall–Kier alpha value is -1.45. The first-order valence-electron chi connectivity index (χ1n) is 2.37. The Morgan fingerprint density at radius 1 is 1.56 bits per heavy atom. The molecule has 0 unspecified atom stereocenters. The molecule has 0 bridgehead atoms. The topological polar surface area (TPSA) is 58.4 Å². The van der Waals surface area contributed by atoms with Crippen molar-refractivity contribution in [2.45, 2.75) is 0 Å². The highest BCUT2D eigenvalue weighted by Crippen LogP contribution is 1.86. The van der Waals surface area contributed by atoms with E-state index in [1.165, 1.54) is 18.6 Å². The van der Waals surface area contributed by atoms with Crippen molar-refractivity contribution in [1.82, 2.24) is 10.2 Å². The SMILES string of the molecule is ON=Cc1ccnnc1. The zero-order chi connectivity index (χ0) is 6.53. The Labute approximate surface area is 51.8 Å². The summed E-state index contributed by atoms with van der Waals surface area (Å²) in [6.07, 6.45) is 4.31. The van der Waals surface area contributed by atoms with E-state index in [2.05, 4.69) is 15.4 Å². The Balaban J connectivity index is 2.85. The van der Waals surface area contributed by atoms with E-state index >= 15 is 0 Å². The van der Waals surface area contributed by atoms with Crippen LogP contribution in [0.25, 0.3) is 0 Å². The third-order valence-corrected chi connectivity index (χ3v) is 0.814. The van der Waals surface area contributed by atoms with Gasteiger partial charge in [0.2, 0.25) is 0 Å². The largest absolute Gasteiger partial charge is 0.411 e. The molecule has 0 fully saturated rings. The second-order valence-electron chi connectivity index (χ2n) is 1.42. The van der Waals surface area contributed by atoms with E-state index in [0.717, 1.165) is 5.56 Å². The van der Waals surface area contributed by atoms with Gasteiger partial charge in [0.1, 0.15) is 0 Å². The minimum absolute atomic E-state index is 0.729. The monoisotopic (exact) mass is 123 g/mol. The van der Waals surface area contributed by atoms with Crippen LogP contribution in [0.1, 0.15) is 5.56 Å². The molecule has 4 heteroatoms. The van der Waals surface area contributed by atoms with Crippen LogP contribution in [0.3, 0.4) is 0 Å². The van der Waals surface area contributed by atoms with Gasteiger partial charge in [-0.25, -0.2) is 0 Å². The second-order valence-corrected chi connectivity index (χ2v) is 1.42. The molecule has 1 rings (SSSR count). The maximum Gasteiger partial charge on any atom is 0.0750 e. The molecule has 1 heterocycles. The summed E-state index contributed by atoms with van der Waals surface area (Å²) >= 11 is 0. The number of oxime groups is 1. The van der Waals surface area contributed by atoms with E-state index in [1.54, 1.807) is 6.07 Å². The summed E-state index contributed by atoms with van der Waals surface area (Å²) in [6.45, 7) is 0. The summed E-state index contributed by atoms with van der Waals surface area (Å²) in [6, 6.07) is 1.69. The third-order valence-electron chi connectivity index (χ3n) is 0.814. The summed E-state index contributed by atoms with van der Waals surface area (Å²) in [4.78, 5) is 0. The first-order valence-corrected chi connectivity index (χ1v) is 2.37. The minimum atomic E-state index is 0.729. The molecule has 1 aromatic heterocycles. The Morgan fingerprint density at radius 2 is 2.44 bits per heavy atom. The van der Waals surface area contributed by atoms with Crippen LogP contribution >= 0.6 is 0 Å². The molecule has 0 saturated heterocycles. The average Bonchev–Trinajstić information content (AvgIpc) is 1.91. The summed E-state index contributed by atoms with van der Waals surface area (Å²) in [7, 11) is 0.